The molecule has 2 unspecified atom stereocenters. The van der Waals surface area contributed by atoms with Gasteiger partial charge < -0.3 is 5.32 Å². The Morgan fingerprint density at radius 1 is 1.43 bits per heavy atom. The van der Waals surface area contributed by atoms with E-state index in [4.69, 9.17) is 0 Å². The molecule has 0 saturated carbocycles. The lowest BCUT2D eigenvalue weighted by Crippen LogP contribution is -2.53. The number of carbonyl (C=O) groups excluding carboxylic acids is 1. The number of halogens is 1. The lowest BCUT2D eigenvalue weighted by atomic mass is 10.0. The number of carbonyl (C=O) groups is 1. The van der Waals surface area contributed by atoms with Crippen molar-refractivity contribution >= 4 is 5.78 Å². The number of hydrogen-bond donors (Lipinski definition) is 1. The van der Waals surface area contributed by atoms with Gasteiger partial charge in [0.25, 0.3) is 0 Å². The highest BCUT2D eigenvalue weighted by Crippen LogP contribution is 2.23. The maximum absolute atomic E-state index is 13.8. The van der Waals surface area contributed by atoms with Gasteiger partial charge in [-0.1, -0.05) is 18.2 Å². The van der Waals surface area contributed by atoms with E-state index in [2.05, 4.69) is 15.5 Å². The average molecular weight is 290 g/mol. The number of Topliss-reactive ketones (excluding diaryl/α,β-unsaturated/α-hetero) is 1. The van der Waals surface area contributed by atoms with Gasteiger partial charge in [0.15, 0.2) is 5.78 Å². The summed E-state index contributed by atoms with van der Waals surface area (Å²) in [5.41, 5.74) is 0.663. The summed E-state index contributed by atoms with van der Waals surface area (Å²) in [6, 6.07) is 6.46. The van der Waals surface area contributed by atoms with Crippen molar-refractivity contribution in [2.24, 2.45) is 0 Å². The van der Waals surface area contributed by atoms with Gasteiger partial charge in [-0.3, -0.25) is 9.69 Å². The number of likely N-dealkylation sites (tertiary alicyclic amines) is 1. The van der Waals surface area contributed by atoms with Crippen LogP contribution in [0.4, 0.5) is 4.39 Å². The Kier molecular flexibility index (Phi) is 4.63. The molecule has 3 rings (SSSR count). The molecule has 2 saturated heterocycles. The van der Waals surface area contributed by atoms with E-state index in [1.54, 1.807) is 12.1 Å². The lowest BCUT2D eigenvalue weighted by Gasteiger charge is -2.29. The first kappa shape index (κ1) is 14.6. The summed E-state index contributed by atoms with van der Waals surface area (Å²) >= 11 is 0. The summed E-state index contributed by atoms with van der Waals surface area (Å²) in [5.74, 6) is -0.00402. The van der Waals surface area contributed by atoms with Crippen LogP contribution in [0.1, 0.15) is 18.4 Å². The number of rotatable bonds is 4. The van der Waals surface area contributed by atoms with Gasteiger partial charge in [0.2, 0.25) is 0 Å². The molecule has 2 fully saturated rings. The van der Waals surface area contributed by atoms with E-state index in [0.717, 1.165) is 25.9 Å². The molecule has 0 bridgehead atoms. The molecule has 21 heavy (non-hydrogen) atoms. The minimum Gasteiger partial charge on any atom is -0.313 e. The SMILES string of the molecule is O=C(C1CNCC[N]1)C1CCCN1Cc1ccccc1F. The molecule has 2 aliphatic heterocycles. The monoisotopic (exact) mass is 290 g/mol. The predicted molar refractivity (Wildman–Crippen MR) is 78.5 cm³/mol. The van der Waals surface area contributed by atoms with Crippen LogP contribution in [0.15, 0.2) is 24.3 Å². The molecular formula is C16H21FN3O. The van der Waals surface area contributed by atoms with Gasteiger partial charge in [-0.25, -0.2) is 9.71 Å². The lowest BCUT2D eigenvalue weighted by molar-refractivity contribution is -0.125. The van der Waals surface area contributed by atoms with Gasteiger partial charge in [0.1, 0.15) is 5.82 Å². The van der Waals surface area contributed by atoms with Crippen LogP contribution in [0.2, 0.25) is 0 Å². The Balaban J connectivity index is 1.67. The van der Waals surface area contributed by atoms with E-state index in [0.29, 0.717) is 25.2 Å². The van der Waals surface area contributed by atoms with E-state index >= 15 is 0 Å². The fourth-order valence-corrected chi connectivity index (χ4v) is 3.20. The molecular weight excluding hydrogens is 269 g/mol. The molecule has 1 N–H and O–H groups in total. The Morgan fingerprint density at radius 3 is 3.05 bits per heavy atom. The van der Waals surface area contributed by atoms with E-state index in [9.17, 15) is 9.18 Å². The quantitative estimate of drug-likeness (QED) is 0.897. The van der Waals surface area contributed by atoms with E-state index in [1.807, 2.05) is 6.07 Å². The highest BCUT2D eigenvalue weighted by Gasteiger charge is 2.35. The molecule has 2 heterocycles. The number of ketones is 1. The first-order chi connectivity index (χ1) is 10.3. The van der Waals surface area contributed by atoms with E-state index in [-0.39, 0.29) is 23.7 Å². The first-order valence-electron chi connectivity index (χ1n) is 7.64. The minimum atomic E-state index is -0.232. The minimum absolute atomic E-state index is 0.113. The Bertz CT molecular complexity index is 502. The van der Waals surface area contributed by atoms with Gasteiger partial charge in [-0.2, -0.15) is 0 Å². The van der Waals surface area contributed by atoms with Crippen molar-refractivity contribution in [3.05, 3.63) is 35.6 Å². The van der Waals surface area contributed by atoms with Gasteiger partial charge in [-0.15, -0.1) is 0 Å². The number of piperazine rings is 1. The second-order valence-corrected chi connectivity index (χ2v) is 5.75. The van der Waals surface area contributed by atoms with Crippen LogP contribution in [-0.4, -0.2) is 48.9 Å². The molecule has 5 heteroatoms. The Morgan fingerprint density at radius 2 is 2.29 bits per heavy atom. The van der Waals surface area contributed by atoms with Crippen molar-refractivity contribution in [3.8, 4) is 0 Å². The van der Waals surface area contributed by atoms with E-state index in [1.165, 1.54) is 6.07 Å². The van der Waals surface area contributed by atoms with Crippen LogP contribution in [0, 0.1) is 5.82 Å². The van der Waals surface area contributed by atoms with Gasteiger partial charge >= 0.3 is 0 Å². The predicted octanol–water partition coefficient (Wildman–Crippen LogP) is 0.935. The summed E-state index contributed by atoms with van der Waals surface area (Å²) in [4.78, 5) is 14.7. The van der Waals surface area contributed by atoms with E-state index < -0.39 is 0 Å². The number of benzene rings is 1. The zero-order valence-corrected chi connectivity index (χ0v) is 12.1. The number of nitrogens with one attached hydrogen (secondary N) is 1. The van der Waals surface area contributed by atoms with Crippen LogP contribution < -0.4 is 10.6 Å². The molecule has 113 valence electrons. The van der Waals surface area contributed by atoms with Crippen molar-refractivity contribution < 1.29 is 9.18 Å². The second kappa shape index (κ2) is 6.64. The third kappa shape index (κ3) is 3.31. The Hall–Kier alpha value is -1.30. The summed E-state index contributed by atoms with van der Waals surface area (Å²) in [7, 11) is 0. The highest BCUT2D eigenvalue weighted by molar-refractivity contribution is 5.89. The molecule has 2 atom stereocenters. The molecule has 2 aliphatic rings. The zero-order valence-electron chi connectivity index (χ0n) is 12.1. The molecule has 1 aromatic rings. The fourth-order valence-electron chi connectivity index (χ4n) is 3.20. The van der Waals surface area contributed by atoms with Crippen LogP contribution in [-0.2, 0) is 11.3 Å². The van der Waals surface area contributed by atoms with Crippen molar-refractivity contribution in [1.29, 1.82) is 0 Å². The van der Waals surface area contributed by atoms with Crippen molar-refractivity contribution in [1.82, 2.24) is 15.5 Å². The largest absolute Gasteiger partial charge is 0.313 e. The molecule has 0 aliphatic carbocycles. The normalized spacial score (nSPS) is 26.9. The van der Waals surface area contributed by atoms with Crippen LogP contribution in [0.5, 0.6) is 0 Å². The van der Waals surface area contributed by atoms with Crippen LogP contribution in [0.3, 0.4) is 0 Å². The van der Waals surface area contributed by atoms with Crippen molar-refractivity contribution in [3.63, 3.8) is 0 Å². The number of nitrogens with zero attached hydrogens (tertiary/aromatic N) is 2. The van der Waals surface area contributed by atoms with Gasteiger partial charge in [0, 0.05) is 31.7 Å². The molecule has 1 radical (unpaired) electrons. The van der Waals surface area contributed by atoms with Gasteiger partial charge in [-0.05, 0) is 25.5 Å². The maximum atomic E-state index is 13.8. The topological polar surface area (TPSA) is 46.4 Å². The average Bonchev–Trinajstić information content (AvgIpc) is 2.98. The van der Waals surface area contributed by atoms with Crippen molar-refractivity contribution in [2.75, 3.05) is 26.2 Å². The summed E-state index contributed by atoms with van der Waals surface area (Å²) in [5, 5.41) is 7.64. The maximum Gasteiger partial charge on any atom is 0.169 e. The second-order valence-electron chi connectivity index (χ2n) is 5.75. The van der Waals surface area contributed by atoms with Crippen molar-refractivity contribution in [2.45, 2.75) is 31.5 Å². The molecule has 0 aromatic heterocycles. The third-order valence-corrected chi connectivity index (χ3v) is 4.33. The Labute approximate surface area is 124 Å². The molecule has 4 nitrogen and oxygen atoms in total. The third-order valence-electron chi connectivity index (χ3n) is 4.33. The molecule has 1 aromatic carbocycles. The summed E-state index contributed by atoms with van der Waals surface area (Å²) in [6.07, 6.45) is 1.85. The molecule has 0 amide bonds. The summed E-state index contributed by atoms with van der Waals surface area (Å²) < 4.78 is 13.8. The highest BCUT2D eigenvalue weighted by atomic mass is 19.1. The zero-order chi connectivity index (χ0) is 14.7. The van der Waals surface area contributed by atoms with Crippen LogP contribution >= 0.6 is 0 Å². The smallest absolute Gasteiger partial charge is 0.169 e. The molecule has 0 spiro atoms. The first-order valence-corrected chi connectivity index (χ1v) is 7.64. The number of hydrogen-bond acceptors (Lipinski definition) is 3. The van der Waals surface area contributed by atoms with Crippen LogP contribution in [0.25, 0.3) is 0 Å². The fraction of sp³-hybridized carbons (Fsp3) is 0.562. The summed E-state index contributed by atoms with van der Waals surface area (Å²) in [6.45, 7) is 3.56. The standard InChI is InChI=1S/C16H21FN3O/c17-13-5-2-1-4-12(13)11-20-9-3-6-15(20)16(21)14-10-18-7-8-19-14/h1-2,4-5,14-15,18H,3,6-11H2. The van der Waals surface area contributed by atoms with Gasteiger partial charge in [0.05, 0.1) is 12.1 Å².